The third-order valence-electron chi connectivity index (χ3n) is 5.26. The van der Waals surface area contributed by atoms with Gasteiger partial charge in [0, 0.05) is 6.20 Å². The zero-order valence-electron chi connectivity index (χ0n) is 20.2. The van der Waals surface area contributed by atoms with Crippen LogP contribution in [0.1, 0.15) is 33.9 Å². The van der Waals surface area contributed by atoms with E-state index >= 15 is 0 Å². The molecular formula is C22H30ClN4O8P. The molecule has 2 heterocycles. The van der Waals surface area contributed by atoms with Crippen molar-refractivity contribution in [2.45, 2.75) is 63.2 Å². The molecule has 0 amide bonds. The van der Waals surface area contributed by atoms with Crippen molar-refractivity contribution in [1.29, 1.82) is 0 Å². The first-order valence-corrected chi connectivity index (χ1v) is 13.1. The molecule has 3 rings (SSSR count). The number of hydrogen-bond acceptors (Lipinski definition) is 10. The standard InChI is InChI=1S/C22H30ClN4O8P/c1-13(2)33-19(29)14(3)26-36(31,35-15-8-6-5-7-9-15)32-12-16-18(28)22(4,23)20(34-16)27-11-10-17(24)25-21(27)30/h5-11,13-14,16,18,20,28H,12H2,1-4H3,(H,26,31)(H2,24,25,30)/t14-,16+,18+,20+,22+,36-/m0/s1. The largest absolute Gasteiger partial charge is 0.462 e. The van der Waals surface area contributed by atoms with Gasteiger partial charge in [-0.2, -0.15) is 10.1 Å². The van der Waals surface area contributed by atoms with E-state index in [1.807, 2.05) is 0 Å². The van der Waals surface area contributed by atoms with Crippen molar-refractivity contribution < 1.29 is 33.0 Å². The molecule has 1 aromatic heterocycles. The van der Waals surface area contributed by atoms with E-state index < -0.39 is 55.4 Å². The van der Waals surface area contributed by atoms with Crippen LogP contribution in [0.5, 0.6) is 5.75 Å². The quantitative estimate of drug-likeness (QED) is 0.228. The Bertz CT molecular complexity index is 1160. The van der Waals surface area contributed by atoms with E-state index in [9.17, 15) is 19.3 Å². The normalized spacial score (nSPS) is 26.4. The molecule has 1 aliphatic heterocycles. The molecule has 1 fully saturated rings. The van der Waals surface area contributed by atoms with Crippen molar-refractivity contribution in [3.63, 3.8) is 0 Å². The fourth-order valence-corrected chi connectivity index (χ4v) is 5.26. The second-order valence-electron chi connectivity index (χ2n) is 8.70. The summed E-state index contributed by atoms with van der Waals surface area (Å²) in [6.07, 6.45) is -2.63. The molecule has 6 atom stereocenters. The number of benzene rings is 1. The van der Waals surface area contributed by atoms with Crippen LogP contribution in [0, 0.1) is 0 Å². The number of aromatic nitrogens is 2. The minimum absolute atomic E-state index is 0.0149. The third kappa shape index (κ3) is 6.64. The summed E-state index contributed by atoms with van der Waals surface area (Å²) in [4.78, 5) is 26.8. The number of carbonyl (C=O) groups is 1. The Labute approximate surface area is 213 Å². The molecule has 198 valence electrons. The molecule has 0 saturated carbocycles. The van der Waals surface area contributed by atoms with E-state index in [2.05, 4.69) is 10.1 Å². The van der Waals surface area contributed by atoms with Gasteiger partial charge in [0.25, 0.3) is 0 Å². The van der Waals surface area contributed by atoms with Crippen LogP contribution in [0.15, 0.2) is 47.4 Å². The fourth-order valence-electron chi connectivity index (χ4n) is 3.46. The number of nitrogens with one attached hydrogen (secondary N) is 1. The molecule has 1 aromatic carbocycles. The molecule has 2 aromatic rings. The second kappa shape index (κ2) is 11.3. The van der Waals surface area contributed by atoms with Gasteiger partial charge in [-0.25, -0.2) is 9.36 Å². The molecule has 0 aliphatic carbocycles. The first kappa shape index (κ1) is 28.1. The zero-order valence-corrected chi connectivity index (χ0v) is 21.9. The van der Waals surface area contributed by atoms with E-state index in [1.54, 1.807) is 44.2 Å². The van der Waals surface area contributed by atoms with Crippen LogP contribution in [0.3, 0.4) is 0 Å². The maximum absolute atomic E-state index is 13.6. The first-order chi connectivity index (χ1) is 16.8. The molecule has 36 heavy (non-hydrogen) atoms. The third-order valence-corrected chi connectivity index (χ3v) is 7.31. The number of aliphatic hydroxyl groups is 1. The highest BCUT2D eigenvalue weighted by Gasteiger charge is 2.54. The molecule has 14 heteroatoms. The van der Waals surface area contributed by atoms with Crippen LogP contribution in [0.25, 0.3) is 0 Å². The van der Waals surface area contributed by atoms with Crippen molar-refractivity contribution >= 4 is 31.1 Å². The van der Waals surface area contributed by atoms with Gasteiger partial charge >= 0.3 is 19.4 Å². The Morgan fingerprint density at radius 3 is 2.61 bits per heavy atom. The average molecular weight is 545 g/mol. The van der Waals surface area contributed by atoms with E-state index in [-0.39, 0.29) is 17.7 Å². The highest BCUT2D eigenvalue weighted by molar-refractivity contribution is 7.52. The van der Waals surface area contributed by atoms with Crippen molar-refractivity contribution in [2.75, 3.05) is 12.3 Å². The summed E-state index contributed by atoms with van der Waals surface area (Å²) in [7, 11) is -4.21. The molecule has 0 spiro atoms. The Kier molecular flexibility index (Phi) is 8.81. The van der Waals surface area contributed by atoms with Crippen LogP contribution in [0.2, 0.25) is 0 Å². The number of nitrogen functional groups attached to an aromatic ring is 1. The summed E-state index contributed by atoms with van der Waals surface area (Å²) in [5.41, 5.74) is 4.82. The van der Waals surface area contributed by atoms with Crippen molar-refractivity contribution in [2.24, 2.45) is 0 Å². The maximum Gasteiger partial charge on any atom is 0.459 e. The van der Waals surface area contributed by atoms with Crippen LogP contribution >= 0.6 is 19.3 Å². The lowest BCUT2D eigenvalue weighted by Crippen LogP contribution is -2.42. The highest BCUT2D eigenvalue weighted by Crippen LogP contribution is 2.48. The van der Waals surface area contributed by atoms with E-state index in [0.29, 0.717) is 0 Å². The Morgan fingerprint density at radius 1 is 1.33 bits per heavy atom. The van der Waals surface area contributed by atoms with Gasteiger partial charge in [-0.3, -0.25) is 13.9 Å². The number of para-hydroxylation sites is 1. The number of anilines is 1. The monoisotopic (exact) mass is 544 g/mol. The number of hydrogen-bond donors (Lipinski definition) is 3. The Balaban J connectivity index is 1.79. The number of carbonyl (C=O) groups excluding carboxylic acids is 1. The van der Waals surface area contributed by atoms with Gasteiger partial charge in [0.15, 0.2) is 6.23 Å². The van der Waals surface area contributed by atoms with E-state index in [1.165, 1.54) is 26.1 Å². The molecule has 4 N–H and O–H groups in total. The molecule has 12 nitrogen and oxygen atoms in total. The number of alkyl halides is 1. The number of esters is 1. The van der Waals surface area contributed by atoms with Crippen molar-refractivity contribution in [3.8, 4) is 5.75 Å². The molecular weight excluding hydrogens is 515 g/mol. The number of nitrogens with zero attached hydrogens (tertiary/aromatic N) is 2. The van der Waals surface area contributed by atoms with Gasteiger partial charge in [-0.1, -0.05) is 18.2 Å². The lowest BCUT2D eigenvalue weighted by Gasteiger charge is -2.26. The fraction of sp³-hybridized carbons (Fsp3) is 0.500. The molecule has 0 radical (unpaired) electrons. The van der Waals surface area contributed by atoms with Gasteiger partial charge in [0.05, 0.1) is 12.7 Å². The number of halogens is 1. The average Bonchev–Trinajstić information content (AvgIpc) is 3.01. The number of ether oxygens (including phenoxy) is 2. The maximum atomic E-state index is 13.6. The van der Waals surface area contributed by atoms with Gasteiger partial charge < -0.3 is 24.8 Å². The summed E-state index contributed by atoms with van der Waals surface area (Å²) in [6.45, 7) is 5.83. The lowest BCUT2D eigenvalue weighted by atomic mass is 10.0. The number of rotatable bonds is 10. The molecule has 0 unspecified atom stereocenters. The topological polar surface area (TPSA) is 164 Å². The van der Waals surface area contributed by atoms with Gasteiger partial charge in [-0.05, 0) is 45.9 Å². The van der Waals surface area contributed by atoms with Gasteiger partial charge in [-0.15, -0.1) is 11.6 Å². The molecule has 0 bridgehead atoms. The minimum Gasteiger partial charge on any atom is -0.462 e. The Morgan fingerprint density at radius 2 is 2.00 bits per heavy atom. The summed E-state index contributed by atoms with van der Waals surface area (Å²) in [5.74, 6) is -0.433. The smallest absolute Gasteiger partial charge is 0.459 e. The predicted molar refractivity (Wildman–Crippen MR) is 132 cm³/mol. The summed E-state index contributed by atoms with van der Waals surface area (Å²) in [5, 5.41) is 13.4. The predicted octanol–water partition coefficient (Wildman–Crippen LogP) is 2.21. The van der Waals surface area contributed by atoms with Crippen LogP contribution < -0.4 is 21.0 Å². The van der Waals surface area contributed by atoms with E-state index in [4.69, 9.17) is 35.9 Å². The van der Waals surface area contributed by atoms with Crippen LogP contribution in [-0.2, 0) is 23.4 Å². The first-order valence-electron chi connectivity index (χ1n) is 11.2. The van der Waals surface area contributed by atoms with Crippen LogP contribution in [-0.4, -0.2) is 56.5 Å². The summed E-state index contributed by atoms with van der Waals surface area (Å²) >= 11 is 6.55. The highest BCUT2D eigenvalue weighted by atomic mass is 35.5. The lowest BCUT2D eigenvalue weighted by molar-refractivity contribution is -0.149. The molecule has 1 saturated heterocycles. The zero-order chi connectivity index (χ0) is 26.7. The van der Waals surface area contributed by atoms with Crippen molar-refractivity contribution in [3.05, 3.63) is 53.1 Å². The Hall–Kier alpha value is -2.47. The number of nitrogens with two attached hydrogens (primary N) is 1. The van der Waals surface area contributed by atoms with Crippen molar-refractivity contribution in [1.82, 2.24) is 14.6 Å². The molecule has 1 aliphatic rings. The minimum atomic E-state index is -4.21. The summed E-state index contributed by atoms with van der Waals surface area (Å²) in [6, 6.07) is 8.53. The summed E-state index contributed by atoms with van der Waals surface area (Å²) < 4.78 is 36.9. The SMILES string of the molecule is CC(C)OC(=O)[C@H](C)N[P@](=O)(OC[C@H]1O[C@@H](n2ccc(N)nc2=O)[C@](C)(Cl)[C@@H]1O)Oc1ccccc1. The van der Waals surface area contributed by atoms with Gasteiger partial charge in [0.2, 0.25) is 0 Å². The van der Waals surface area contributed by atoms with Gasteiger partial charge in [0.1, 0.15) is 34.7 Å². The van der Waals surface area contributed by atoms with E-state index in [0.717, 1.165) is 4.57 Å². The number of aliphatic hydroxyl groups excluding tert-OH is 1. The second-order valence-corrected chi connectivity index (χ2v) is 11.2. The van der Waals surface area contributed by atoms with Crippen LogP contribution in [0.4, 0.5) is 5.82 Å².